The van der Waals surface area contributed by atoms with Crippen molar-refractivity contribution in [3.8, 4) is 0 Å². The van der Waals surface area contributed by atoms with Crippen molar-refractivity contribution in [3.05, 3.63) is 83.4 Å². The van der Waals surface area contributed by atoms with Crippen molar-refractivity contribution in [2.24, 2.45) is 0 Å². The molecule has 0 N–H and O–H groups in total. The van der Waals surface area contributed by atoms with Crippen molar-refractivity contribution in [1.29, 1.82) is 0 Å². The number of hydrogen-bond acceptors (Lipinski definition) is 2. The summed E-state index contributed by atoms with van der Waals surface area (Å²) in [5, 5.41) is 1.02. The molecule has 7 heteroatoms. The number of imidazole rings is 1. The normalized spacial score (nSPS) is 12.8. The first-order chi connectivity index (χ1) is 13.9. The molecule has 0 aliphatic heterocycles. The van der Waals surface area contributed by atoms with Crippen LogP contribution in [0.5, 0.6) is 0 Å². The smallest absolute Gasteiger partial charge is 0.337 e. The summed E-state index contributed by atoms with van der Waals surface area (Å²) in [6.07, 6.45) is 4.99. The van der Waals surface area contributed by atoms with Crippen LogP contribution in [-0.2, 0) is 19.1 Å². The maximum absolute atomic E-state index is 12.8. The molecular formula is C22H22ClF3N2S. The minimum Gasteiger partial charge on any atom is -0.337 e. The van der Waals surface area contributed by atoms with E-state index >= 15 is 0 Å². The number of aromatic nitrogens is 2. The Morgan fingerprint density at radius 2 is 1.72 bits per heavy atom. The van der Waals surface area contributed by atoms with Gasteiger partial charge in [-0.3, -0.25) is 0 Å². The fourth-order valence-electron chi connectivity index (χ4n) is 3.08. The lowest BCUT2D eigenvalue weighted by Crippen LogP contribution is -2.08. The summed E-state index contributed by atoms with van der Waals surface area (Å²) in [5.74, 6) is 0. The van der Waals surface area contributed by atoms with Crippen LogP contribution >= 0.6 is 23.4 Å². The molecule has 0 radical (unpaired) electrons. The predicted octanol–water partition coefficient (Wildman–Crippen LogP) is 7.13. The van der Waals surface area contributed by atoms with Gasteiger partial charge in [-0.1, -0.05) is 23.7 Å². The van der Waals surface area contributed by atoms with Gasteiger partial charge in [0.15, 0.2) is 0 Å². The summed E-state index contributed by atoms with van der Waals surface area (Å²) in [6, 6.07) is 13.3. The van der Waals surface area contributed by atoms with E-state index in [2.05, 4.69) is 4.98 Å². The lowest BCUT2D eigenvalue weighted by Gasteiger charge is -2.17. The van der Waals surface area contributed by atoms with Gasteiger partial charge in [-0.25, -0.2) is 4.98 Å². The molecule has 2 nitrogen and oxygen atoms in total. The number of rotatable bonds is 9. The van der Waals surface area contributed by atoms with Crippen LogP contribution in [0, 0.1) is 0 Å². The van der Waals surface area contributed by atoms with E-state index in [0.29, 0.717) is 10.3 Å². The Kier molecular flexibility index (Phi) is 7.67. The van der Waals surface area contributed by atoms with E-state index in [1.165, 1.54) is 5.56 Å². The first kappa shape index (κ1) is 21.8. The largest absolute Gasteiger partial charge is 0.416 e. The van der Waals surface area contributed by atoms with Crippen molar-refractivity contribution >= 4 is 23.4 Å². The zero-order chi connectivity index (χ0) is 20.7. The maximum atomic E-state index is 12.8. The number of benzene rings is 2. The molecule has 0 spiro atoms. The standard InChI is InChI=1S/C22H22ClF3N2S/c23-19-8-3-17(4-9-19)5-10-20(2-1-14-28-15-13-27-16-28)29-21-11-6-18(7-12-21)22(24,25)26/h3-4,6-9,11-13,15-16,20H,1-2,5,10,14H2. The molecule has 0 saturated carbocycles. The molecule has 2 aromatic carbocycles. The van der Waals surface area contributed by atoms with Crippen LogP contribution in [0.2, 0.25) is 5.02 Å². The molecule has 1 aromatic heterocycles. The first-order valence-electron chi connectivity index (χ1n) is 9.44. The third-order valence-corrected chi connectivity index (χ3v) is 6.26. The number of alkyl halides is 3. The summed E-state index contributed by atoms with van der Waals surface area (Å²) >= 11 is 7.60. The number of hydrogen-bond donors (Lipinski definition) is 0. The van der Waals surface area contributed by atoms with Gasteiger partial charge >= 0.3 is 6.18 Å². The molecule has 0 saturated heterocycles. The Labute approximate surface area is 178 Å². The van der Waals surface area contributed by atoms with Gasteiger partial charge in [0.25, 0.3) is 0 Å². The van der Waals surface area contributed by atoms with E-state index < -0.39 is 11.7 Å². The highest BCUT2D eigenvalue weighted by atomic mass is 35.5. The van der Waals surface area contributed by atoms with Crippen LogP contribution in [0.4, 0.5) is 13.2 Å². The van der Waals surface area contributed by atoms with Crippen molar-refractivity contribution in [2.45, 2.75) is 48.5 Å². The second-order valence-corrected chi connectivity index (χ2v) is 8.68. The average Bonchev–Trinajstić information content (AvgIpc) is 3.20. The lowest BCUT2D eigenvalue weighted by atomic mass is 10.1. The van der Waals surface area contributed by atoms with E-state index in [-0.39, 0.29) is 0 Å². The summed E-state index contributed by atoms with van der Waals surface area (Å²) in [7, 11) is 0. The van der Waals surface area contributed by atoms with Gasteiger partial charge in [0.2, 0.25) is 0 Å². The van der Waals surface area contributed by atoms with Crippen LogP contribution in [0.15, 0.2) is 72.1 Å². The van der Waals surface area contributed by atoms with Crippen molar-refractivity contribution in [1.82, 2.24) is 9.55 Å². The van der Waals surface area contributed by atoms with E-state index in [0.717, 1.165) is 49.3 Å². The molecular weight excluding hydrogens is 417 g/mol. The molecule has 1 heterocycles. The van der Waals surface area contributed by atoms with Gasteiger partial charge in [-0.15, -0.1) is 11.8 Å². The molecule has 0 fully saturated rings. The monoisotopic (exact) mass is 438 g/mol. The molecule has 0 aliphatic carbocycles. The quantitative estimate of drug-likeness (QED) is 0.331. The summed E-state index contributed by atoms with van der Waals surface area (Å²) in [4.78, 5) is 4.92. The number of aryl methyl sites for hydroxylation is 2. The average molecular weight is 439 g/mol. The Balaban J connectivity index is 1.61. The predicted molar refractivity (Wildman–Crippen MR) is 112 cm³/mol. The Morgan fingerprint density at radius 3 is 2.34 bits per heavy atom. The van der Waals surface area contributed by atoms with Gasteiger partial charge in [0, 0.05) is 34.1 Å². The molecule has 29 heavy (non-hydrogen) atoms. The second-order valence-electron chi connectivity index (χ2n) is 6.87. The molecule has 154 valence electrons. The van der Waals surface area contributed by atoms with Gasteiger partial charge in [0.05, 0.1) is 11.9 Å². The van der Waals surface area contributed by atoms with Crippen LogP contribution < -0.4 is 0 Å². The number of halogens is 4. The van der Waals surface area contributed by atoms with Crippen LogP contribution in [0.25, 0.3) is 0 Å². The molecule has 3 rings (SSSR count). The van der Waals surface area contributed by atoms with Crippen molar-refractivity contribution < 1.29 is 13.2 Å². The fourth-order valence-corrected chi connectivity index (χ4v) is 4.40. The maximum Gasteiger partial charge on any atom is 0.416 e. The fraction of sp³-hybridized carbons (Fsp3) is 0.318. The first-order valence-corrected chi connectivity index (χ1v) is 10.7. The molecule has 0 bridgehead atoms. The number of nitrogens with zero attached hydrogens (tertiary/aromatic N) is 2. The van der Waals surface area contributed by atoms with Gasteiger partial charge in [-0.2, -0.15) is 13.2 Å². The van der Waals surface area contributed by atoms with Crippen LogP contribution in [0.1, 0.15) is 30.4 Å². The Bertz CT molecular complexity index is 863. The summed E-state index contributed by atoms with van der Waals surface area (Å²) in [5.41, 5.74) is 0.599. The highest BCUT2D eigenvalue weighted by Crippen LogP contribution is 2.34. The minimum absolute atomic E-state index is 0.311. The van der Waals surface area contributed by atoms with Crippen molar-refractivity contribution in [2.75, 3.05) is 0 Å². The van der Waals surface area contributed by atoms with Gasteiger partial charge in [-0.05, 0) is 67.6 Å². The molecule has 0 aliphatic rings. The van der Waals surface area contributed by atoms with Crippen LogP contribution in [-0.4, -0.2) is 14.8 Å². The molecule has 1 atom stereocenters. The number of thioether (sulfide) groups is 1. The van der Waals surface area contributed by atoms with E-state index in [4.69, 9.17) is 11.6 Å². The molecule has 1 unspecified atom stereocenters. The molecule has 0 amide bonds. The second kappa shape index (κ2) is 10.2. The summed E-state index contributed by atoms with van der Waals surface area (Å²) < 4.78 is 40.4. The highest BCUT2D eigenvalue weighted by Gasteiger charge is 2.30. The topological polar surface area (TPSA) is 17.8 Å². The van der Waals surface area contributed by atoms with E-state index in [1.807, 2.05) is 35.0 Å². The van der Waals surface area contributed by atoms with E-state index in [1.54, 1.807) is 36.4 Å². The van der Waals surface area contributed by atoms with Gasteiger partial charge in [0.1, 0.15) is 0 Å². The SMILES string of the molecule is FC(F)(F)c1ccc(SC(CCCn2ccnc2)CCc2ccc(Cl)cc2)cc1. The Morgan fingerprint density at radius 1 is 1.00 bits per heavy atom. The highest BCUT2D eigenvalue weighted by molar-refractivity contribution is 8.00. The lowest BCUT2D eigenvalue weighted by molar-refractivity contribution is -0.137. The van der Waals surface area contributed by atoms with Gasteiger partial charge < -0.3 is 4.57 Å². The third kappa shape index (κ3) is 7.12. The zero-order valence-electron chi connectivity index (χ0n) is 15.8. The van der Waals surface area contributed by atoms with Crippen LogP contribution in [0.3, 0.4) is 0 Å². The summed E-state index contributed by atoms with van der Waals surface area (Å²) in [6.45, 7) is 0.880. The van der Waals surface area contributed by atoms with E-state index in [9.17, 15) is 13.2 Å². The minimum atomic E-state index is -4.30. The van der Waals surface area contributed by atoms with Crippen molar-refractivity contribution in [3.63, 3.8) is 0 Å². The Hall–Kier alpha value is -1.92. The zero-order valence-corrected chi connectivity index (χ0v) is 17.4. The third-order valence-electron chi connectivity index (χ3n) is 4.65. The molecule has 3 aromatic rings.